The van der Waals surface area contributed by atoms with Crippen LogP contribution >= 0.6 is 0 Å². The van der Waals surface area contributed by atoms with Crippen LogP contribution in [0.4, 0.5) is 19.0 Å². The summed E-state index contributed by atoms with van der Waals surface area (Å²) >= 11 is 0. The third kappa shape index (κ3) is 3.79. The number of carboxylic acid groups (broad SMARTS) is 2. The number of nitrogens with one attached hydrogen (secondary N) is 1. The SMILES string of the molecule is Nc1[nH]c(=O)c(C(=O)O)c(-c2cccc(CC(F)(F)F)c2)c1C(=O)O. The Morgan fingerprint density at radius 1 is 1.12 bits per heavy atom. The van der Waals surface area contributed by atoms with E-state index in [1.807, 2.05) is 4.98 Å². The number of carbonyl (C=O) groups is 2. The van der Waals surface area contributed by atoms with Gasteiger partial charge in [0, 0.05) is 5.56 Å². The first-order chi connectivity index (χ1) is 11.5. The van der Waals surface area contributed by atoms with Gasteiger partial charge < -0.3 is 20.9 Å². The number of carboxylic acids is 2. The molecule has 132 valence electrons. The summed E-state index contributed by atoms with van der Waals surface area (Å²) in [6.07, 6.45) is -5.82. The van der Waals surface area contributed by atoms with Gasteiger partial charge in [-0.15, -0.1) is 0 Å². The zero-order valence-corrected chi connectivity index (χ0v) is 12.3. The van der Waals surface area contributed by atoms with Gasteiger partial charge in [-0.1, -0.05) is 24.3 Å². The van der Waals surface area contributed by atoms with Crippen molar-refractivity contribution in [3.63, 3.8) is 0 Å². The van der Waals surface area contributed by atoms with Gasteiger partial charge >= 0.3 is 18.1 Å². The molecule has 0 amide bonds. The van der Waals surface area contributed by atoms with Crippen LogP contribution in [0.5, 0.6) is 0 Å². The lowest BCUT2D eigenvalue weighted by Crippen LogP contribution is -2.24. The Balaban J connectivity index is 2.82. The summed E-state index contributed by atoms with van der Waals surface area (Å²) in [5.41, 5.74) is 1.72. The fourth-order valence-corrected chi connectivity index (χ4v) is 2.40. The van der Waals surface area contributed by atoms with Gasteiger partial charge in [-0.3, -0.25) is 4.79 Å². The van der Waals surface area contributed by atoms with E-state index in [0.29, 0.717) is 0 Å². The molecule has 1 aromatic carbocycles. The summed E-state index contributed by atoms with van der Waals surface area (Å²) < 4.78 is 37.7. The van der Waals surface area contributed by atoms with Crippen LogP contribution in [0.2, 0.25) is 0 Å². The molecule has 1 heterocycles. The van der Waals surface area contributed by atoms with Crippen molar-refractivity contribution >= 4 is 17.8 Å². The number of alkyl halides is 3. The zero-order chi connectivity index (χ0) is 18.9. The molecule has 0 atom stereocenters. The first-order valence-electron chi connectivity index (χ1n) is 6.69. The lowest BCUT2D eigenvalue weighted by atomic mass is 9.94. The van der Waals surface area contributed by atoms with E-state index in [-0.39, 0.29) is 11.1 Å². The van der Waals surface area contributed by atoms with Crippen molar-refractivity contribution < 1.29 is 33.0 Å². The average molecular weight is 356 g/mol. The Labute approximate surface area is 137 Å². The minimum Gasteiger partial charge on any atom is -0.478 e. The molecule has 2 aromatic rings. The third-order valence-corrected chi connectivity index (χ3v) is 3.29. The molecule has 0 radical (unpaired) electrons. The summed E-state index contributed by atoms with van der Waals surface area (Å²) in [6, 6.07) is 4.52. The van der Waals surface area contributed by atoms with E-state index in [1.54, 1.807) is 0 Å². The zero-order valence-electron chi connectivity index (χ0n) is 12.3. The van der Waals surface area contributed by atoms with Gasteiger partial charge in [0.15, 0.2) is 0 Å². The van der Waals surface area contributed by atoms with Crippen LogP contribution in [0.15, 0.2) is 29.1 Å². The van der Waals surface area contributed by atoms with E-state index in [9.17, 15) is 37.8 Å². The van der Waals surface area contributed by atoms with E-state index in [2.05, 4.69) is 0 Å². The van der Waals surface area contributed by atoms with Crippen LogP contribution in [0.25, 0.3) is 11.1 Å². The maximum absolute atomic E-state index is 12.6. The Hall–Kier alpha value is -3.30. The highest BCUT2D eigenvalue weighted by atomic mass is 19.4. The molecule has 10 heteroatoms. The summed E-state index contributed by atoms with van der Waals surface area (Å²) in [5, 5.41) is 18.5. The smallest absolute Gasteiger partial charge is 0.393 e. The molecule has 0 saturated carbocycles. The number of halogens is 3. The van der Waals surface area contributed by atoms with Crippen molar-refractivity contribution in [1.82, 2.24) is 4.98 Å². The highest BCUT2D eigenvalue weighted by molar-refractivity contribution is 6.07. The molecule has 0 aliphatic carbocycles. The maximum Gasteiger partial charge on any atom is 0.393 e. The van der Waals surface area contributed by atoms with Gasteiger partial charge in [0.2, 0.25) is 0 Å². The van der Waals surface area contributed by atoms with E-state index >= 15 is 0 Å². The first-order valence-corrected chi connectivity index (χ1v) is 6.69. The second-order valence-corrected chi connectivity index (χ2v) is 5.10. The normalized spacial score (nSPS) is 11.3. The van der Waals surface area contributed by atoms with Gasteiger partial charge in [0.25, 0.3) is 5.56 Å². The monoisotopic (exact) mass is 356 g/mol. The van der Waals surface area contributed by atoms with Crippen LogP contribution in [0.1, 0.15) is 26.3 Å². The van der Waals surface area contributed by atoms with Gasteiger partial charge in [-0.05, 0) is 11.1 Å². The molecule has 7 nitrogen and oxygen atoms in total. The van der Waals surface area contributed by atoms with Crippen molar-refractivity contribution in [1.29, 1.82) is 0 Å². The van der Waals surface area contributed by atoms with E-state index in [0.717, 1.165) is 12.1 Å². The molecule has 0 aliphatic rings. The Morgan fingerprint density at radius 2 is 1.72 bits per heavy atom. The molecule has 25 heavy (non-hydrogen) atoms. The number of H-pyrrole nitrogens is 1. The largest absolute Gasteiger partial charge is 0.478 e. The van der Waals surface area contributed by atoms with Gasteiger partial charge in [0.1, 0.15) is 16.9 Å². The molecule has 2 rings (SSSR count). The number of rotatable bonds is 4. The average Bonchev–Trinajstić information content (AvgIpc) is 2.43. The third-order valence-electron chi connectivity index (χ3n) is 3.29. The van der Waals surface area contributed by atoms with E-state index in [4.69, 9.17) is 5.73 Å². The van der Waals surface area contributed by atoms with Crippen LogP contribution in [0.3, 0.4) is 0 Å². The number of aromatic amines is 1. The van der Waals surface area contributed by atoms with Crippen LogP contribution < -0.4 is 11.3 Å². The van der Waals surface area contributed by atoms with E-state index in [1.165, 1.54) is 12.1 Å². The molecule has 0 bridgehead atoms. The Kier molecular flexibility index (Phi) is 4.55. The number of nitrogen functional groups attached to an aromatic ring is 1. The topological polar surface area (TPSA) is 133 Å². The maximum atomic E-state index is 12.6. The lowest BCUT2D eigenvalue weighted by molar-refractivity contribution is -0.127. The summed E-state index contributed by atoms with van der Waals surface area (Å²) in [5.74, 6) is -3.97. The minimum atomic E-state index is -4.52. The van der Waals surface area contributed by atoms with Gasteiger partial charge in [-0.2, -0.15) is 13.2 Å². The lowest BCUT2D eigenvalue weighted by Gasteiger charge is -2.13. The highest BCUT2D eigenvalue weighted by Crippen LogP contribution is 2.31. The van der Waals surface area contributed by atoms with E-state index < -0.39 is 52.6 Å². The standard InChI is InChI=1S/C15H11F3N2O5/c16-15(17,18)5-6-2-1-3-7(4-6)8-9(13(22)23)11(19)20-12(21)10(8)14(24)25/h1-4H,5H2,(H,22,23)(H,24,25)(H3,19,20,21). The van der Waals surface area contributed by atoms with Crippen molar-refractivity contribution in [3.8, 4) is 11.1 Å². The number of aromatic carboxylic acids is 2. The molecular formula is C15H11F3N2O5. The van der Waals surface area contributed by atoms with Crippen LogP contribution in [-0.4, -0.2) is 33.3 Å². The molecule has 0 spiro atoms. The fourth-order valence-electron chi connectivity index (χ4n) is 2.40. The predicted octanol–water partition coefficient (Wildman–Crippen LogP) is 2.13. The number of hydrogen-bond acceptors (Lipinski definition) is 4. The summed E-state index contributed by atoms with van der Waals surface area (Å²) in [7, 11) is 0. The molecule has 1 aromatic heterocycles. The second-order valence-electron chi connectivity index (χ2n) is 5.10. The summed E-state index contributed by atoms with van der Waals surface area (Å²) in [6.45, 7) is 0. The fraction of sp³-hybridized carbons (Fsp3) is 0.133. The van der Waals surface area contributed by atoms with Crippen molar-refractivity contribution in [2.75, 3.05) is 5.73 Å². The molecule has 0 fully saturated rings. The molecule has 0 unspecified atom stereocenters. The highest BCUT2D eigenvalue weighted by Gasteiger charge is 2.29. The molecule has 0 saturated heterocycles. The molecule has 5 N–H and O–H groups in total. The van der Waals surface area contributed by atoms with Crippen molar-refractivity contribution in [2.45, 2.75) is 12.6 Å². The predicted molar refractivity (Wildman–Crippen MR) is 80.6 cm³/mol. The number of pyridine rings is 1. The number of benzene rings is 1. The second kappa shape index (κ2) is 6.30. The number of hydrogen-bond donors (Lipinski definition) is 4. The van der Waals surface area contributed by atoms with Crippen LogP contribution in [0, 0.1) is 0 Å². The molecule has 0 aliphatic heterocycles. The quantitative estimate of drug-likeness (QED) is 0.663. The Morgan fingerprint density at radius 3 is 2.24 bits per heavy atom. The molecular weight excluding hydrogens is 345 g/mol. The van der Waals surface area contributed by atoms with Crippen molar-refractivity contribution in [3.05, 3.63) is 51.3 Å². The number of aromatic nitrogens is 1. The first kappa shape index (κ1) is 18.0. The Bertz CT molecular complexity index is 918. The minimum absolute atomic E-state index is 0.172. The van der Waals surface area contributed by atoms with Gasteiger partial charge in [-0.25, -0.2) is 9.59 Å². The summed E-state index contributed by atoms with van der Waals surface area (Å²) in [4.78, 5) is 36.6. The van der Waals surface area contributed by atoms with Crippen molar-refractivity contribution in [2.24, 2.45) is 0 Å². The number of nitrogens with two attached hydrogens (primary N) is 1. The number of anilines is 1. The van der Waals surface area contributed by atoms with Gasteiger partial charge in [0.05, 0.1) is 6.42 Å². The van der Waals surface area contributed by atoms with Crippen LogP contribution in [-0.2, 0) is 6.42 Å².